The third kappa shape index (κ3) is 2.41. The molecule has 0 saturated heterocycles. The van der Waals surface area contributed by atoms with Crippen molar-refractivity contribution in [3.8, 4) is 5.75 Å². The second-order valence-electron chi connectivity index (χ2n) is 4.29. The number of methoxy groups -OCH3 is 1. The number of nitrogens with zero attached hydrogens (tertiary/aromatic N) is 1. The molecule has 2 aromatic rings. The molecule has 0 atom stereocenters. The Bertz CT molecular complexity index is 603. The van der Waals surface area contributed by atoms with Crippen LogP contribution >= 0.6 is 12.2 Å². The van der Waals surface area contributed by atoms with Crippen LogP contribution in [0.3, 0.4) is 0 Å². The van der Waals surface area contributed by atoms with E-state index < -0.39 is 0 Å². The van der Waals surface area contributed by atoms with Crippen LogP contribution in [0.4, 0.5) is 4.39 Å². The molecular weight excluding hydrogens is 251 g/mol. The summed E-state index contributed by atoms with van der Waals surface area (Å²) in [6.07, 6.45) is 3.39. The maximum atomic E-state index is 13.6. The molecule has 0 fully saturated rings. The van der Waals surface area contributed by atoms with Gasteiger partial charge in [-0.05, 0) is 18.6 Å². The molecule has 0 bridgehead atoms. The predicted octanol–water partition coefficient (Wildman–Crippen LogP) is 4.04. The average molecular weight is 268 g/mol. The van der Waals surface area contributed by atoms with Crippen molar-refractivity contribution in [2.45, 2.75) is 32.7 Å². The molecule has 18 heavy (non-hydrogen) atoms. The van der Waals surface area contributed by atoms with Crippen molar-refractivity contribution in [2.75, 3.05) is 7.11 Å². The van der Waals surface area contributed by atoms with Crippen molar-refractivity contribution in [3.05, 3.63) is 22.7 Å². The number of unbranched alkanes of at least 4 members (excludes halogenated alkanes) is 2. The number of aryl methyl sites for hydroxylation is 1. The van der Waals surface area contributed by atoms with Crippen LogP contribution in [0.1, 0.15) is 26.2 Å². The number of rotatable bonds is 5. The Balaban J connectivity index is 2.45. The summed E-state index contributed by atoms with van der Waals surface area (Å²) < 4.78 is 21.2. The van der Waals surface area contributed by atoms with Crippen molar-refractivity contribution in [2.24, 2.45) is 0 Å². The van der Waals surface area contributed by atoms with Crippen LogP contribution in [0.25, 0.3) is 11.0 Å². The number of benzene rings is 1. The number of fused-ring (bicyclic) bond motifs is 1. The number of hydrogen-bond acceptors (Lipinski definition) is 2. The fraction of sp³-hybridized carbons (Fsp3) is 0.462. The van der Waals surface area contributed by atoms with E-state index in [9.17, 15) is 4.39 Å². The number of H-pyrrole nitrogens is 1. The van der Waals surface area contributed by atoms with Gasteiger partial charge in [-0.15, -0.1) is 0 Å². The Kier molecular flexibility index (Phi) is 4.01. The van der Waals surface area contributed by atoms with Crippen LogP contribution in [0.15, 0.2) is 12.1 Å². The van der Waals surface area contributed by atoms with Gasteiger partial charge in [0.2, 0.25) is 0 Å². The Hall–Kier alpha value is -1.36. The molecule has 0 saturated carbocycles. The van der Waals surface area contributed by atoms with E-state index in [4.69, 9.17) is 17.0 Å². The largest absolute Gasteiger partial charge is 0.494 e. The lowest BCUT2D eigenvalue weighted by molar-refractivity contribution is 0.387. The van der Waals surface area contributed by atoms with Crippen molar-refractivity contribution in [1.82, 2.24) is 9.55 Å². The SMILES string of the molecule is CCCCCn1c(=S)[nH]c2cc(F)c(OC)cc21. The van der Waals surface area contributed by atoms with E-state index in [1.165, 1.54) is 13.2 Å². The standard InChI is InChI=1S/C13H17FN2OS/c1-3-4-5-6-16-11-8-12(17-2)9(14)7-10(11)15-13(16)18/h7-8H,3-6H2,1-2H3,(H,15,18). The summed E-state index contributed by atoms with van der Waals surface area (Å²) in [4.78, 5) is 3.03. The molecule has 0 unspecified atom stereocenters. The maximum Gasteiger partial charge on any atom is 0.178 e. The fourth-order valence-electron chi connectivity index (χ4n) is 2.06. The van der Waals surface area contributed by atoms with Gasteiger partial charge in [0.25, 0.3) is 0 Å². The molecule has 0 amide bonds. The van der Waals surface area contributed by atoms with Crippen LogP contribution in [-0.2, 0) is 6.54 Å². The first-order valence-electron chi connectivity index (χ1n) is 6.13. The summed E-state index contributed by atoms with van der Waals surface area (Å²) in [6.45, 7) is 3.01. The van der Waals surface area contributed by atoms with E-state index in [0.717, 1.165) is 36.8 Å². The van der Waals surface area contributed by atoms with Gasteiger partial charge in [-0.1, -0.05) is 19.8 Å². The summed E-state index contributed by atoms with van der Waals surface area (Å²) in [5.74, 6) is -0.123. The molecule has 5 heteroatoms. The lowest BCUT2D eigenvalue weighted by Gasteiger charge is -2.06. The van der Waals surface area contributed by atoms with Crippen LogP contribution in [0.5, 0.6) is 5.75 Å². The summed E-state index contributed by atoms with van der Waals surface area (Å²) in [6, 6.07) is 3.13. The first-order valence-corrected chi connectivity index (χ1v) is 6.54. The van der Waals surface area contributed by atoms with Crippen molar-refractivity contribution in [1.29, 1.82) is 0 Å². The molecule has 0 aliphatic carbocycles. The van der Waals surface area contributed by atoms with Gasteiger partial charge in [0.1, 0.15) is 0 Å². The monoisotopic (exact) mass is 268 g/mol. The molecule has 1 heterocycles. The normalized spacial score (nSPS) is 11.1. The van der Waals surface area contributed by atoms with Gasteiger partial charge >= 0.3 is 0 Å². The molecule has 98 valence electrons. The minimum atomic E-state index is -0.373. The number of nitrogens with one attached hydrogen (secondary N) is 1. The van der Waals surface area contributed by atoms with Crippen LogP contribution in [0, 0.1) is 10.6 Å². The van der Waals surface area contributed by atoms with E-state index in [1.54, 1.807) is 6.07 Å². The van der Waals surface area contributed by atoms with Gasteiger partial charge in [0, 0.05) is 18.7 Å². The van der Waals surface area contributed by atoms with Gasteiger partial charge in [0.05, 0.1) is 18.1 Å². The summed E-state index contributed by atoms with van der Waals surface area (Å²) in [5.41, 5.74) is 1.61. The van der Waals surface area contributed by atoms with Gasteiger partial charge in [-0.2, -0.15) is 0 Å². The summed E-state index contributed by atoms with van der Waals surface area (Å²) in [5, 5.41) is 0. The first-order chi connectivity index (χ1) is 8.67. The second-order valence-corrected chi connectivity index (χ2v) is 4.68. The molecule has 1 aromatic carbocycles. The zero-order valence-electron chi connectivity index (χ0n) is 10.6. The van der Waals surface area contributed by atoms with E-state index in [0.29, 0.717) is 4.77 Å². The quantitative estimate of drug-likeness (QED) is 0.655. The molecule has 1 N–H and O–H groups in total. The third-order valence-electron chi connectivity index (χ3n) is 3.03. The number of imidazole rings is 1. The van der Waals surface area contributed by atoms with Gasteiger partial charge < -0.3 is 14.3 Å². The Morgan fingerprint density at radius 3 is 2.83 bits per heavy atom. The summed E-state index contributed by atoms with van der Waals surface area (Å²) >= 11 is 5.27. The third-order valence-corrected chi connectivity index (χ3v) is 3.36. The molecule has 0 radical (unpaired) electrons. The summed E-state index contributed by atoms with van der Waals surface area (Å²) in [7, 11) is 1.47. The highest BCUT2D eigenvalue weighted by Crippen LogP contribution is 2.24. The zero-order chi connectivity index (χ0) is 13.1. The minimum Gasteiger partial charge on any atom is -0.494 e. The van der Waals surface area contributed by atoms with Crippen molar-refractivity contribution >= 4 is 23.3 Å². The van der Waals surface area contributed by atoms with E-state index in [2.05, 4.69) is 11.9 Å². The number of hydrogen-bond donors (Lipinski definition) is 1. The molecule has 1 aromatic heterocycles. The molecule has 3 nitrogen and oxygen atoms in total. The van der Waals surface area contributed by atoms with Gasteiger partial charge in [-0.25, -0.2) is 4.39 Å². The van der Waals surface area contributed by atoms with Gasteiger partial charge in [-0.3, -0.25) is 0 Å². The topological polar surface area (TPSA) is 29.9 Å². The zero-order valence-corrected chi connectivity index (χ0v) is 11.4. The molecule has 0 spiro atoms. The molecule has 0 aliphatic heterocycles. The Labute approximate surface area is 111 Å². The predicted molar refractivity (Wildman–Crippen MR) is 73.2 cm³/mol. The fourth-order valence-corrected chi connectivity index (χ4v) is 2.36. The number of aromatic nitrogens is 2. The van der Waals surface area contributed by atoms with E-state index >= 15 is 0 Å². The molecule has 0 aliphatic rings. The van der Waals surface area contributed by atoms with Crippen molar-refractivity contribution in [3.63, 3.8) is 0 Å². The smallest absolute Gasteiger partial charge is 0.178 e. The molecular formula is C13H17FN2OS. The van der Waals surface area contributed by atoms with E-state index in [1.807, 2.05) is 4.57 Å². The highest BCUT2D eigenvalue weighted by molar-refractivity contribution is 7.71. The molecule has 2 rings (SSSR count). The highest BCUT2D eigenvalue weighted by Gasteiger charge is 2.10. The van der Waals surface area contributed by atoms with E-state index in [-0.39, 0.29) is 11.6 Å². The maximum absolute atomic E-state index is 13.6. The van der Waals surface area contributed by atoms with Crippen LogP contribution in [0.2, 0.25) is 0 Å². The number of ether oxygens (including phenoxy) is 1. The van der Waals surface area contributed by atoms with Crippen molar-refractivity contribution < 1.29 is 9.13 Å². The average Bonchev–Trinajstić information content (AvgIpc) is 2.64. The second kappa shape index (κ2) is 5.52. The minimum absolute atomic E-state index is 0.251. The van der Waals surface area contributed by atoms with Crippen LogP contribution in [-0.4, -0.2) is 16.7 Å². The Morgan fingerprint density at radius 2 is 2.17 bits per heavy atom. The lowest BCUT2D eigenvalue weighted by atomic mass is 10.2. The number of halogens is 1. The lowest BCUT2D eigenvalue weighted by Crippen LogP contribution is -1.98. The van der Waals surface area contributed by atoms with Crippen LogP contribution < -0.4 is 4.74 Å². The number of aromatic amines is 1. The Morgan fingerprint density at radius 1 is 1.39 bits per heavy atom. The highest BCUT2D eigenvalue weighted by atomic mass is 32.1. The van der Waals surface area contributed by atoms with Gasteiger partial charge in [0.15, 0.2) is 16.3 Å². The first kappa shape index (κ1) is 13.1.